The van der Waals surface area contributed by atoms with Gasteiger partial charge in [0.2, 0.25) is 0 Å². The van der Waals surface area contributed by atoms with E-state index in [1.807, 2.05) is 12.1 Å². The van der Waals surface area contributed by atoms with Crippen LogP contribution in [-0.2, 0) is 11.6 Å². The minimum absolute atomic E-state index is 0.0184. The van der Waals surface area contributed by atoms with Crippen molar-refractivity contribution in [3.8, 4) is 0 Å². The van der Waals surface area contributed by atoms with E-state index in [2.05, 4.69) is 51.2 Å². The van der Waals surface area contributed by atoms with Crippen LogP contribution in [0.15, 0.2) is 24.5 Å². The fourth-order valence-corrected chi connectivity index (χ4v) is 2.78. The number of aromatic nitrogens is 4. The third-order valence-corrected chi connectivity index (χ3v) is 4.24. The Hall–Kier alpha value is -2.45. The summed E-state index contributed by atoms with van der Waals surface area (Å²) in [7, 11) is 0. The lowest BCUT2D eigenvalue weighted by molar-refractivity contribution is -0.141. The summed E-state index contributed by atoms with van der Waals surface area (Å²) in [4.78, 5) is 9.21. The maximum atomic E-state index is 12.7. The highest BCUT2D eigenvalue weighted by Crippen LogP contribution is 2.29. The fraction of sp³-hybridized carbons (Fsp3) is 0.529. The molecule has 3 heterocycles. The molecule has 0 radical (unpaired) electrons. The van der Waals surface area contributed by atoms with E-state index >= 15 is 0 Å². The molecule has 0 spiro atoms. The number of nitrogens with one attached hydrogen (secondary N) is 1. The molecule has 6 nitrogen and oxygen atoms in total. The van der Waals surface area contributed by atoms with Crippen molar-refractivity contribution in [2.24, 2.45) is 0 Å². The number of hydrogen-bond acceptors (Lipinski definition) is 6. The Kier molecular flexibility index (Phi) is 4.72. The Morgan fingerprint density at radius 3 is 2.46 bits per heavy atom. The number of nitrogens with zero attached hydrogens (tertiary/aromatic N) is 5. The van der Waals surface area contributed by atoms with Gasteiger partial charge in [0.05, 0.1) is 5.69 Å². The lowest BCUT2D eigenvalue weighted by atomic mass is 9.92. The second-order valence-electron chi connectivity index (χ2n) is 7.39. The zero-order valence-corrected chi connectivity index (χ0v) is 14.9. The average Bonchev–Trinajstić information content (AvgIpc) is 3.02. The summed E-state index contributed by atoms with van der Waals surface area (Å²) in [5.74, 6) is 0.939. The van der Waals surface area contributed by atoms with E-state index in [1.165, 1.54) is 0 Å². The van der Waals surface area contributed by atoms with E-state index in [0.717, 1.165) is 36.9 Å². The smallest absolute Gasteiger partial charge is 0.365 e. The third-order valence-electron chi connectivity index (χ3n) is 4.24. The van der Waals surface area contributed by atoms with Gasteiger partial charge >= 0.3 is 6.18 Å². The van der Waals surface area contributed by atoms with E-state index in [0.29, 0.717) is 6.54 Å². The molecule has 0 bridgehead atoms. The van der Waals surface area contributed by atoms with Crippen molar-refractivity contribution in [3.63, 3.8) is 0 Å². The van der Waals surface area contributed by atoms with E-state index in [-0.39, 0.29) is 17.3 Å². The van der Waals surface area contributed by atoms with Crippen molar-refractivity contribution >= 4 is 11.6 Å². The summed E-state index contributed by atoms with van der Waals surface area (Å²) in [6.45, 7) is 7.59. The Morgan fingerprint density at radius 1 is 1.08 bits per heavy atom. The molecule has 1 N–H and O–H groups in total. The highest BCUT2D eigenvalue weighted by atomic mass is 19.4. The van der Waals surface area contributed by atoms with Crippen molar-refractivity contribution in [1.29, 1.82) is 0 Å². The largest absolute Gasteiger partial charge is 0.433 e. The van der Waals surface area contributed by atoms with E-state index < -0.39 is 11.9 Å². The van der Waals surface area contributed by atoms with Crippen molar-refractivity contribution in [3.05, 3.63) is 35.9 Å². The Bertz CT molecular complexity index is 754. The molecule has 9 heteroatoms. The molecule has 0 saturated carbocycles. The first kappa shape index (κ1) is 18.3. The van der Waals surface area contributed by atoms with Gasteiger partial charge in [-0.15, -0.1) is 5.10 Å². The molecule has 0 amide bonds. The standard InChI is InChI=1S/C17H21F3N6/c1-16(2,3)12-4-5-15(25-24-12)26-7-6-11(9-26)23-14-8-13(17(18,19)20)21-10-22-14/h4-5,8,10-11H,6-7,9H2,1-3H3,(H,21,22,23). The molecule has 1 unspecified atom stereocenters. The van der Waals surface area contributed by atoms with Gasteiger partial charge < -0.3 is 10.2 Å². The third kappa shape index (κ3) is 4.20. The monoisotopic (exact) mass is 366 g/mol. The van der Waals surface area contributed by atoms with Crippen LogP contribution < -0.4 is 10.2 Å². The van der Waals surface area contributed by atoms with Crippen molar-refractivity contribution in [2.45, 2.75) is 44.8 Å². The van der Waals surface area contributed by atoms with Crippen LogP contribution >= 0.6 is 0 Å². The first-order valence-electron chi connectivity index (χ1n) is 8.38. The van der Waals surface area contributed by atoms with Gasteiger partial charge in [0, 0.05) is 30.6 Å². The summed E-state index contributed by atoms with van der Waals surface area (Å²) in [5, 5.41) is 11.6. The van der Waals surface area contributed by atoms with Crippen LogP contribution in [0.3, 0.4) is 0 Å². The molecule has 26 heavy (non-hydrogen) atoms. The van der Waals surface area contributed by atoms with Crippen LogP contribution in [0.25, 0.3) is 0 Å². The van der Waals surface area contributed by atoms with E-state index in [1.54, 1.807) is 0 Å². The summed E-state index contributed by atoms with van der Waals surface area (Å²) in [6, 6.07) is 4.81. The molecule has 1 saturated heterocycles. The second kappa shape index (κ2) is 6.69. The van der Waals surface area contributed by atoms with Gasteiger partial charge in [0.25, 0.3) is 0 Å². The number of hydrogen-bond donors (Lipinski definition) is 1. The first-order valence-corrected chi connectivity index (χ1v) is 8.38. The van der Waals surface area contributed by atoms with E-state index in [9.17, 15) is 13.2 Å². The summed E-state index contributed by atoms with van der Waals surface area (Å²) in [6.07, 6.45) is -2.78. The topological polar surface area (TPSA) is 66.8 Å². The molecular formula is C17H21F3N6. The fourth-order valence-electron chi connectivity index (χ4n) is 2.78. The molecule has 1 aliphatic rings. The van der Waals surface area contributed by atoms with Crippen molar-refractivity contribution < 1.29 is 13.2 Å². The van der Waals surface area contributed by atoms with Gasteiger partial charge in [-0.05, 0) is 18.6 Å². The number of alkyl halides is 3. The highest BCUT2D eigenvalue weighted by Gasteiger charge is 2.33. The zero-order valence-electron chi connectivity index (χ0n) is 14.9. The van der Waals surface area contributed by atoms with Gasteiger partial charge in [-0.1, -0.05) is 20.8 Å². The Balaban J connectivity index is 1.64. The van der Waals surface area contributed by atoms with E-state index in [4.69, 9.17) is 0 Å². The van der Waals surface area contributed by atoms with Gasteiger partial charge in [-0.2, -0.15) is 18.3 Å². The van der Waals surface area contributed by atoms with Crippen LogP contribution in [0.1, 0.15) is 38.6 Å². The predicted molar refractivity (Wildman–Crippen MR) is 92.0 cm³/mol. The molecule has 140 valence electrons. The molecule has 0 aromatic carbocycles. The van der Waals surface area contributed by atoms with Crippen LogP contribution in [0.2, 0.25) is 0 Å². The number of halogens is 3. The molecule has 2 aromatic heterocycles. The Morgan fingerprint density at radius 2 is 1.85 bits per heavy atom. The van der Waals surface area contributed by atoms with Crippen molar-refractivity contribution in [1.82, 2.24) is 20.2 Å². The summed E-state index contributed by atoms with van der Waals surface area (Å²) < 4.78 is 38.2. The SMILES string of the molecule is CC(C)(C)c1ccc(N2CCC(Nc3cc(C(F)(F)F)ncn3)C2)nn1. The first-order chi connectivity index (χ1) is 12.1. The van der Waals surface area contributed by atoms with Gasteiger partial charge in [0.15, 0.2) is 5.82 Å². The molecule has 3 rings (SSSR count). The lowest BCUT2D eigenvalue weighted by Crippen LogP contribution is -2.27. The van der Waals surface area contributed by atoms with Crippen molar-refractivity contribution in [2.75, 3.05) is 23.3 Å². The average molecular weight is 366 g/mol. The van der Waals surface area contributed by atoms with Gasteiger partial charge in [0.1, 0.15) is 17.8 Å². The van der Waals surface area contributed by atoms with Gasteiger partial charge in [-0.3, -0.25) is 0 Å². The molecule has 1 aliphatic heterocycles. The van der Waals surface area contributed by atoms with Gasteiger partial charge in [-0.25, -0.2) is 9.97 Å². The number of rotatable bonds is 3. The second-order valence-corrected chi connectivity index (χ2v) is 7.39. The lowest BCUT2D eigenvalue weighted by Gasteiger charge is -2.20. The number of anilines is 2. The highest BCUT2D eigenvalue weighted by molar-refractivity contribution is 5.43. The summed E-state index contributed by atoms with van der Waals surface area (Å²) >= 11 is 0. The molecule has 0 aliphatic carbocycles. The molecule has 2 aromatic rings. The minimum atomic E-state index is -4.48. The summed E-state index contributed by atoms with van der Waals surface area (Å²) in [5.41, 5.74) is -0.103. The zero-order chi connectivity index (χ0) is 18.9. The van der Waals surface area contributed by atoms with Crippen LogP contribution in [0, 0.1) is 0 Å². The minimum Gasteiger partial charge on any atom is -0.365 e. The van der Waals surface area contributed by atoms with Crippen LogP contribution in [0.4, 0.5) is 24.8 Å². The van der Waals surface area contributed by atoms with Crippen LogP contribution in [-0.4, -0.2) is 39.3 Å². The normalized spacial score (nSPS) is 18.2. The Labute approximate surface area is 149 Å². The predicted octanol–water partition coefficient (Wildman–Crippen LogP) is 3.27. The maximum Gasteiger partial charge on any atom is 0.433 e. The molecule has 1 atom stereocenters. The molecule has 1 fully saturated rings. The van der Waals surface area contributed by atoms with Crippen LogP contribution in [0.5, 0.6) is 0 Å². The maximum absolute atomic E-state index is 12.7. The quantitative estimate of drug-likeness (QED) is 0.899. The molecular weight excluding hydrogens is 345 g/mol.